The summed E-state index contributed by atoms with van der Waals surface area (Å²) in [4.78, 5) is 12.0. The third kappa shape index (κ3) is 4.92. The molecule has 2 aromatic carbocycles. The number of hydrogen-bond acceptors (Lipinski definition) is 2. The maximum absolute atomic E-state index is 12.0. The number of nitrogens with one attached hydrogen (secondary N) is 1. The second-order valence-electron chi connectivity index (χ2n) is 5.40. The van der Waals surface area contributed by atoms with Gasteiger partial charge < -0.3 is 10.1 Å². The van der Waals surface area contributed by atoms with Gasteiger partial charge in [0, 0.05) is 6.42 Å². The van der Waals surface area contributed by atoms with Crippen LogP contribution in [0.1, 0.15) is 36.9 Å². The molecule has 0 heterocycles. The first-order chi connectivity index (χ1) is 10.7. The van der Waals surface area contributed by atoms with Gasteiger partial charge in [-0.2, -0.15) is 0 Å². The molecule has 0 saturated carbocycles. The molecule has 3 heteroatoms. The largest absolute Gasteiger partial charge is 0.497 e. The van der Waals surface area contributed by atoms with Crippen molar-refractivity contribution in [2.45, 2.75) is 32.2 Å². The van der Waals surface area contributed by atoms with Crippen LogP contribution in [0.25, 0.3) is 0 Å². The van der Waals surface area contributed by atoms with Gasteiger partial charge in [-0.15, -0.1) is 0 Å². The van der Waals surface area contributed by atoms with Gasteiger partial charge in [0.05, 0.1) is 13.2 Å². The minimum atomic E-state index is 0.0506. The Balaban J connectivity index is 1.73. The van der Waals surface area contributed by atoms with Gasteiger partial charge in [-0.25, -0.2) is 0 Å². The maximum atomic E-state index is 12.0. The van der Waals surface area contributed by atoms with Crippen LogP contribution in [0.3, 0.4) is 0 Å². The Kier molecular flexibility index (Phi) is 6.01. The number of carbonyl (C=O) groups excluding carboxylic acids is 1. The summed E-state index contributed by atoms with van der Waals surface area (Å²) < 4.78 is 5.13. The number of carbonyl (C=O) groups is 1. The Bertz CT molecular complexity index is 578. The molecule has 0 saturated heterocycles. The highest BCUT2D eigenvalue weighted by molar-refractivity contribution is 5.76. The van der Waals surface area contributed by atoms with Crippen LogP contribution in [-0.4, -0.2) is 13.0 Å². The lowest BCUT2D eigenvalue weighted by molar-refractivity contribution is -0.121. The van der Waals surface area contributed by atoms with Gasteiger partial charge in [-0.3, -0.25) is 4.79 Å². The molecule has 0 spiro atoms. The molecule has 22 heavy (non-hydrogen) atoms. The molecule has 2 rings (SSSR count). The Morgan fingerprint density at radius 1 is 1.09 bits per heavy atom. The first-order valence-corrected chi connectivity index (χ1v) is 7.66. The molecule has 1 N–H and O–H groups in total. The molecule has 3 nitrogen and oxygen atoms in total. The van der Waals surface area contributed by atoms with Gasteiger partial charge in [0.1, 0.15) is 5.75 Å². The molecule has 0 aliphatic heterocycles. The highest BCUT2D eigenvalue weighted by Gasteiger charge is 2.08. The van der Waals surface area contributed by atoms with Crippen molar-refractivity contribution in [1.82, 2.24) is 5.32 Å². The fraction of sp³-hybridized carbons (Fsp3) is 0.316. The molecule has 0 aliphatic rings. The van der Waals surface area contributed by atoms with Crippen molar-refractivity contribution in [2.75, 3.05) is 7.11 Å². The van der Waals surface area contributed by atoms with Crippen LogP contribution in [-0.2, 0) is 11.2 Å². The molecule has 0 aromatic heterocycles. The molecule has 2 aromatic rings. The molecule has 0 unspecified atom stereocenters. The highest BCUT2D eigenvalue weighted by atomic mass is 16.5. The summed E-state index contributed by atoms with van der Waals surface area (Å²) in [5, 5.41) is 3.04. The van der Waals surface area contributed by atoms with E-state index in [4.69, 9.17) is 4.74 Å². The Morgan fingerprint density at radius 2 is 1.77 bits per heavy atom. The van der Waals surface area contributed by atoms with Gasteiger partial charge >= 0.3 is 0 Å². The standard InChI is InChI=1S/C19H23NO2/c1-15(17-8-4-3-5-9-17)20-19(21)10-6-7-16-11-13-18(22-2)14-12-16/h3-5,8-9,11-15H,6-7,10H2,1-2H3,(H,20,21)/t15-/m1/s1. The second-order valence-corrected chi connectivity index (χ2v) is 5.40. The minimum Gasteiger partial charge on any atom is -0.497 e. The summed E-state index contributed by atoms with van der Waals surface area (Å²) in [6.07, 6.45) is 2.29. The number of rotatable bonds is 7. The van der Waals surface area contributed by atoms with Crippen molar-refractivity contribution in [3.63, 3.8) is 0 Å². The average Bonchev–Trinajstić information content (AvgIpc) is 2.56. The van der Waals surface area contributed by atoms with Crippen molar-refractivity contribution in [3.05, 3.63) is 65.7 Å². The second kappa shape index (κ2) is 8.23. The molecule has 0 aliphatic carbocycles. The van der Waals surface area contributed by atoms with Crippen molar-refractivity contribution >= 4 is 5.91 Å². The summed E-state index contributed by atoms with van der Waals surface area (Å²) in [6, 6.07) is 18.1. The zero-order chi connectivity index (χ0) is 15.8. The normalized spacial score (nSPS) is 11.7. The van der Waals surface area contributed by atoms with Crippen molar-refractivity contribution in [1.29, 1.82) is 0 Å². The first-order valence-electron chi connectivity index (χ1n) is 7.66. The van der Waals surface area contributed by atoms with E-state index >= 15 is 0 Å². The molecule has 1 amide bonds. The highest BCUT2D eigenvalue weighted by Crippen LogP contribution is 2.14. The first kappa shape index (κ1) is 16.1. The lowest BCUT2D eigenvalue weighted by Gasteiger charge is -2.14. The number of aryl methyl sites for hydroxylation is 1. The molecule has 1 atom stereocenters. The fourth-order valence-corrected chi connectivity index (χ4v) is 2.38. The lowest BCUT2D eigenvalue weighted by atomic mass is 10.1. The third-order valence-electron chi connectivity index (χ3n) is 3.71. The summed E-state index contributed by atoms with van der Waals surface area (Å²) in [5.74, 6) is 0.961. The summed E-state index contributed by atoms with van der Waals surface area (Å²) in [6.45, 7) is 2.01. The van der Waals surface area contributed by atoms with Gasteiger partial charge in [-0.05, 0) is 43.0 Å². The van der Waals surface area contributed by atoms with Crippen LogP contribution >= 0.6 is 0 Å². The van der Waals surface area contributed by atoms with Gasteiger partial charge in [-0.1, -0.05) is 42.5 Å². The van der Waals surface area contributed by atoms with E-state index in [9.17, 15) is 4.79 Å². The Hall–Kier alpha value is -2.29. The number of methoxy groups -OCH3 is 1. The number of amides is 1. The molecule has 116 valence electrons. The monoisotopic (exact) mass is 297 g/mol. The molecular weight excluding hydrogens is 274 g/mol. The third-order valence-corrected chi connectivity index (χ3v) is 3.71. The van der Waals surface area contributed by atoms with E-state index in [2.05, 4.69) is 5.32 Å². The van der Waals surface area contributed by atoms with Gasteiger partial charge in [0.25, 0.3) is 0 Å². The number of benzene rings is 2. The van der Waals surface area contributed by atoms with E-state index in [1.54, 1.807) is 7.11 Å². The number of ether oxygens (including phenoxy) is 1. The van der Waals surface area contributed by atoms with E-state index in [1.807, 2.05) is 61.5 Å². The minimum absolute atomic E-state index is 0.0506. The predicted octanol–water partition coefficient (Wildman–Crippen LogP) is 3.90. The zero-order valence-electron chi connectivity index (χ0n) is 13.2. The van der Waals surface area contributed by atoms with Crippen LogP contribution in [0.5, 0.6) is 5.75 Å². The summed E-state index contributed by atoms with van der Waals surface area (Å²) in [7, 11) is 1.66. The summed E-state index contributed by atoms with van der Waals surface area (Å²) >= 11 is 0. The summed E-state index contributed by atoms with van der Waals surface area (Å²) in [5.41, 5.74) is 2.36. The van der Waals surface area contributed by atoms with E-state index < -0.39 is 0 Å². The molecule has 0 fully saturated rings. The Labute approximate surface area is 132 Å². The van der Waals surface area contributed by atoms with Crippen LogP contribution in [0, 0.1) is 0 Å². The van der Waals surface area contributed by atoms with Crippen LogP contribution in [0.4, 0.5) is 0 Å². The SMILES string of the molecule is COc1ccc(CCCC(=O)N[C@H](C)c2ccccc2)cc1. The van der Waals surface area contributed by atoms with Crippen molar-refractivity contribution < 1.29 is 9.53 Å². The molecule has 0 radical (unpaired) electrons. The average molecular weight is 297 g/mol. The van der Waals surface area contributed by atoms with Crippen LogP contribution in [0.15, 0.2) is 54.6 Å². The van der Waals surface area contributed by atoms with E-state index in [0.717, 1.165) is 24.2 Å². The van der Waals surface area contributed by atoms with Crippen molar-refractivity contribution in [3.8, 4) is 5.75 Å². The van der Waals surface area contributed by atoms with Crippen molar-refractivity contribution in [2.24, 2.45) is 0 Å². The molecule has 0 bridgehead atoms. The quantitative estimate of drug-likeness (QED) is 0.842. The maximum Gasteiger partial charge on any atom is 0.220 e. The zero-order valence-corrected chi connectivity index (χ0v) is 13.2. The van der Waals surface area contributed by atoms with Crippen LogP contribution in [0.2, 0.25) is 0 Å². The van der Waals surface area contributed by atoms with Crippen LogP contribution < -0.4 is 10.1 Å². The van der Waals surface area contributed by atoms with Gasteiger partial charge in [0.15, 0.2) is 0 Å². The Morgan fingerprint density at radius 3 is 2.41 bits per heavy atom. The van der Waals surface area contributed by atoms with E-state index in [1.165, 1.54) is 5.56 Å². The topological polar surface area (TPSA) is 38.3 Å². The smallest absolute Gasteiger partial charge is 0.220 e. The lowest BCUT2D eigenvalue weighted by Crippen LogP contribution is -2.26. The fourth-order valence-electron chi connectivity index (χ4n) is 2.38. The number of hydrogen-bond donors (Lipinski definition) is 1. The van der Waals surface area contributed by atoms with E-state index in [0.29, 0.717) is 6.42 Å². The predicted molar refractivity (Wildman–Crippen MR) is 88.9 cm³/mol. The van der Waals surface area contributed by atoms with Gasteiger partial charge in [0.2, 0.25) is 5.91 Å². The molecular formula is C19H23NO2. The van der Waals surface area contributed by atoms with E-state index in [-0.39, 0.29) is 11.9 Å².